The molecule has 0 unspecified atom stereocenters. The monoisotopic (exact) mass is 410 g/mol. The smallest absolute Gasteiger partial charge is 0.210 e. The molecule has 0 heterocycles. The second-order valence-corrected chi connectivity index (χ2v) is 8.81. The molecule has 0 aromatic heterocycles. The summed E-state index contributed by atoms with van der Waals surface area (Å²) >= 11 is 3.52. The van der Waals surface area contributed by atoms with Crippen LogP contribution in [0.3, 0.4) is 0 Å². The lowest BCUT2D eigenvalue weighted by molar-refractivity contribution is 0.151. The molecule has 1 aromatic rings. The maximum atomic E-state index is 12.2. The van der Waals surface area contributed by atoms with Crippen molar-refractivity contribution in [3.05, 3.63) is 46.5 Å². The molecule has 3 rings (SSSR count). The van der Waals surface area contributed by atoms with Crippen molar-refractivity contribution in [2.45, 2.75) is 70.1 Å². The Morgan fingerprint density at radius 3 is 2.00 bits per heavy atom. The van der Waals surface area contributed by atoms with Crippen LogP contribution in [0.25, 0.3) is 0 Å². The highest BCUT2D eigenvalue weighted by Gasteiger charge is 2.30. The normalized spacial score (nSPS) is 30.9. The van der Waals surface area contributed by atoms with Gasteiger partial charge >= 0.3 is 0 Å². The van der Waals surface area contributed by atoms with E-state index in [1.165, 1.54) is 56.9 Å². The summed E-state index contributed by atoms with van der Waals surface area (Å²) in [6, 6.07) is 8.85. The predicted octanol–water partition coefficient (Wildman–Crippen LogP) is 7.74. The lowest BCUT2D eigenvalue weighted by atomic mass is 9.68. The van der Waals surface area contributed by atoms with Crippen molar-refractivity contribution in [2.75, 3.05) is 0 Å². The third kappa shape index (κ3) is 5.64. The Balaban J connectivity index is 1.42. The second kappa shape index (κ2) is 9.30. The van der Waals surface area contributed by atoms with E-state index in [0.717, 1.165) is 22.2 Å². The molecule has 2 aliphatic rings. The van der Waals surface area contributed by atoms with E-state index >= 15 is 0 Å². The molecule has 138 valence electrons. The zero-order valence-corrected chi connectivity index (χ0v) is 16.4. The van der Waals surface area contributed by atoms with Gasteiger partial charge in [0.25, 0.3) is 0 Å². The average Bonchev–Trinajstić information content (AvgIpc) is 2.63. The van der Waals surface area contributed by atoms with E-state index < -0.39 is 6.43 Å². The van der Waals surface area contributed by atoms with E-state index in [9.17, 15) is 8.78 Å². The highest BCUT2D eigenvalue weighted by atomic mass is 79.9. The summed E-state index contributed by atoms with van der Waals surface area (Å²) in [5, 5.41) is 0. The zero-order chi connectivity index (χ0) is 17.6. The summed E-state index contributed by atoms with van der Waals surface area (Å²) < 4.78 is 25.6. The van der Waals surface area contributed by atoms with Crippen molar-refractivity contribution in [1.82, 2.24) is 0 Å². The minimum Gasteiger partial charge on any atom is -0.210 e. The van der Waals surface area contributed by atoms with Gasteiger partial charge in [-0.05, 0) is 92.7 Å². The topological polar surface area (TPSA) is 0 Å². The van der Waals surface area contributed by atoms with E-state index in [-0.39, 0.29) is 6.42 Å². The van der Waals surface area contributed by atoms with Gasteiger partial charge < -0.3 is 0 Å². The van der Waals surface area contributed by atoms with Crippen molar-refractivity contribution in [1.29, 1.82) is 0 Å². The van der Waals surface area contributed by atoms with Gasteiger partial charge in [-0.15, -0.1) is 0 Å². The van der Waals surface area contributed by atoms with Crippen LogP contribution in [-0.2, 0) is 0 Å². The molecular weight excluding hydrogens is 382 g/mol. The summed E-state index contributed by atoms with van der Waals surface area (Å²) in [6.07, 6.45) is 11.8. The maximum absolute atomic E-state index is 12.2. The number of allylic oxidation sites excluding steroid dienone is 2. The summed E-state index contributed by atoms with van der Waals surface area (Å²) in [4.78, 5) is 0. The summed E-state index contributed by atoms with van der Waals surface area (Å²) in [5.74, 6) is 3.02. The van der Waals surface area contributed by atoms with Crippen LogP contribution in [0.2, 0.25) is 0 Å². The van der Waals surface area contributed by atoms with Gasteiger partial charge in [-0.1, -0.05) is 40.2 Å². The number of benzene rings is 1. The van der Waals surface area contributed by atoms with Crippen LogP contribution < -0.4 is 0 Å². The Bertz CT molecular complexity index is 536. The largest absolute Gasteiger partial charge is 0.242 e. The van der Waals surface area contributed by atoms with Gasteiger partial charge in [0.05, 0.1) is 0 Å². The van der Waals surface area contributed by atoms with Gasteiger partial charge in [-0.2, -0.15) is 0 Å². The van der Waals surface area contributed by atoms with E-state index in [0.29, 0.717) is 5.92 Å². The third-order valence-corrected chi connectivity index (χ3v) is 6.85. The first kappa shape index (κ1) is 19.1. The van der Waals surface area contributed by atoms with Crippen LogP contribution in [-0.4, -0.2) is 6.43 Å². The molecule has 0 aliphatic heterocycles. The minimum absolute atomic E-state index is 0.0833. The SMILES string of the molecule is FC(F)CC=CC1CCC(C2CCC(c3ccc(Br)cc3)CC2)CC1. The van der Waals surface area contributed by atoms with Crippen molar-refractivity contribution >= 4 is 15.9 Å². The van der Waals surface area contributed by atoms with Crippen LogP contribution in [0.1, 0.15) is 69.3 Å². The fraction of sp³-hybridized carbons (Fsp3) is 0.636. The molecule has 0 bridgehead atoms. The molecule has 0 atom stereocenters. The van der Waals surface area contributed by atoms with Gasteiger partial charge in [-0.25, -0.2) is 8.78 Å². The van der Waals surface area contributed by atoms with E-state index in [1.807, 2.05) is 6.08 Å². The lowest BCUT2D eigenvalue weighted by Gasteiger charge is -2.37. The number of hydrogen-bond acceptors (Lipinski definition) is 0. The fourth-order valence-corrected chi connectivity index (χ4v) is 5.11. The predicted molar refractivity (Wildman–Crippen MR) is 104 cm³/mol. The van der Waals surface area contributed by atoms with Gasteiger partial charge in [0, 0.05) is 10.9 Å². The molecule has 0 nitrogen and oxygen atoms in total. The Hall–Kier alpha value is -0.700. The molecule has 0 saturated heterocycles. The molecule has 0 amide bonds. The summed E-state index contributed by atoms with van der Waals surface area (Å²) in [7, 11) is 0. The Kier molecular flexibility index (Phi) is 7.09. The molecule has 0 radical (unpaired) electrons. The number of alkyl halides is 2. The second-order valence-electron chi connectivity index (χ2n) is 7.89. The molecule has 1 aromatic carbocycles. The van der Waals surface area contributed by atoms with Crippen molar-refractivity contribution in [3.63, 3.8) is 0 Å². The molecule has 3 heteroatoms. The first-order chi connectivity index (χ1) is 12.1. The molecule has 25 heavy (non-hydrogen) atoms. The van der Waals surface area contributed by atoms with Gasteiger partial charge in [0.1, 0.15) is 0 Å². The number of rotatable bonds is 5. The van der Waals surface area contributed by atoms with Crippen LogP contribution >= 0.6 is 15.9 Å². The molecule has 2 saturated carbocycles. The Morgan fingerprint density at radius 1 is 0.880 bits per heavy atom. The minimum atomic E-state index is -2.20. The highest BCUT2D eigenvalue weighted by molar-refractivity contribution is 9.10. The van der Waals surface area contributed by atoms with Crippen LogP contribution in [0.15, 0.2) is 40.9 Å². The fourth-order valence-electron chi connectivity index (χ4n) is 4.84. The zero-order valence-electron chi connectivity index (χ0n) is 14.8. The lowest BCUT2D eigenvalue weighted by Crippen LogP contribution is -2.25. The first-order valence-corrected chi connectivity index (χ1v) is 10.6. The average molecular weight is 411 g/mol. The third-order valence-electron chi connectivity index (χ3n) is 6.32. The van der Waals surface area contributed by atoms with Crippen molar-refractivity contribution in [2.24, 2.45) is 17.8 Å². The molecule has 2 aliphatic carbocycles. The summed E-state index contributed by atoms with van der Waals surface area (Å²) in [6.45, 7) is 0. The van der Waals surface area contributed by atoms with Crippen molar-refractivity contribution in [3.8, 4) is 0 Å². The quantitative estimate of drug-likeness (QED) is 0.435. The van der Waals surface area contributed by atoms with E-state index in [4.69, 9.17) is 0 Å². The first-order valence-electron chi connectivity index (χ1n) is 9.82. The molecule has 0 spiro atoms. The standard InChI is InChI=1S/C22H29BrF2/c23-21-14-12-20(13-15-21)19-10-8-18(9-11-19)17-6-4-16(5-7-17)2-1-3-22(24)25/h1-2,12-19,22H,3-11H2. The van der Waals surface area contributed by atoms with E-state index in [2.05, 4.69) is 40.2 Å². The van der Waals surface area contributed by atoms with Gasteiger partial charge in [0.15, 0.2) is 0 Å². The van der Waals surface area contributed by atoms with Crippen LogP contribution in [0, 0.1) is 17.8 Å². The van der Waals surface area contributed by atoms with Crippen LogP contribution in [0.4, 0.5) is 8.78 Å². The molecular formula is C22H29BrF2. The van der Waals surface area contributed by atoms with Gasteiger partial charge in [0.2, 0.25) is 6.43 Å². The maximum Gasteiger partial charge on any atom is 0.242 e. The number of halogens is 3. The summed E-state index contributed by atoms with van der Waals surface area (Å²) in [5.41, 5.74) is 1.49. The van der Waals surface area contributed by atoms with E-state index in [1.54, 1.807) is 6.08 Å². The Morgan fingerprint density at radius 2 is 1.44 bits per heavy atom. The van der Waals surface area contributed by atoms with Crippen LogP contribution in [0.5, 0.6) is 0 Å². The molecule has 0 N–H and O–H groups in total. The van der Waals surface area contributed by atoms with Gasteiger partial charge in [-0.3, -0.25) is 0 Å². The highest BCUT2D eigenvalue weighted by Crippen LogP contribution is 2.44. The molecule has 2 fully saturated rings. The van der Waals surface area contributed by atoms with Crippen molar-refractivity contribution < 1.29 is 8.78 Å². The number of hydrogen-bond donors (Lipinski definition) is 0. The Labute approximate surface area is 159 Å².